The van der Waals surface area contributed by atoms with Crippen LogP contribution in [0.25, 0.3) is 0 Å². The van der Waals surface area contributed by atoms with Crippen LogP contribution in [-0.4, -0.2) is 16.5 Å². The maximum atomic E-state index is 4.62. The van der Waals surface area contributed by atoms with Gasteiger partial charge in [0.1, 0.15) is 11.6 Å². The highest BCUT2D eigenvalue weighted by Crippen LogP contribution is 2.33. The van der Waals surface area contributed by atoms with Crippen LogP contribution in [0.2, 0.25) is 0 Å². The summed E-state index contributed by atoms with van der Waals surface area (Å²) in [5.41, 5.74) is 2.54. The number of hydrogen-bond donors (Lipinski definition) is 1. The number of nitrogens with one attached hydrogen (secondary N) is 1. The molecule has 0 fully saturated rings. The van der Waals surface area contributed by atoms with E-state index in [-0.39, 0.29) is 0 Å². The Bertz CT molecular complexity index is 363. The van der Waals surface area contributed by atoms with Crippen LogP contribution in [0.4, 0.5) is 5.82 Å². The molecule has 2 heterocycles. The normalized spacial score (nSPS) is 14.4. The third-order valence-corrected chi connectivity index (χ3v) is 3.43. The number of fused-ring (bicyclic) bond motifs is 1. The summed E-state index contributed by atoms with van der Waals surface area (Å²) in [6.07, 6.45) is 0. The second-order valence-electron chi connectivity index (χ2n) is 4.03. The number of hydrogen-bond acceptors (Lipinski definition) is 4. The molecular weight excluding hydrogens is 206 g/mol. The molecule has 0 bridgehead atoms. The summed E-state index contributed by atoms with van der Waals surface area (Å²) in [5.74, 6) is 4.51. The fraction of sp³-hybridized carbons (Fsp3) is 0.636. The van der Waals surface area contributed by atoms with Gasteiger partial charge < -0.3 is 5.32 Å². The minimum absolute atomic E-state index is 0.401. The summed E-state index contributed by atoms with van der Waals surface area (Å²) in [6.45, 7) is 7.30. The molecule has 0 aromatic carbocycles. The zero-order chi connectivity index (χ0) is 10.8. The maximum Gasteiger partial charge on any atom is 0.134 e. The van der Waals surface area contributed by atoms with Crippen LogP contribution >= 0.6 is 11.8 Å². The molecule has 1 aromatic rings. The quantitative estimate of drug-likeness (QED) is 0.855. The van der Waals surface area contributed by atoms with E-state index in [1.165, 1.54) is 11.3 Å². The van der Waals surface area contributed by atoms with Gasteiger partial charge >= 0.3 is 0 Å². The third-order valence-electron chi connectivity index (χ3n) is 2.46. The molecule has 0 saturated heterocycles. The van der Waals surface area contributed by atoms with Gasteiger partial charge in [0.25, 0.3) is 0 Å². The Labute approximate surface area is 95.1 Å². The van der Waals surface area contributed by atoms with Crippen molar-refractivity contribution in [2.75, 3.05) is 11.9 Å². The van der Waals surface area contributed by atoms with Gasteiger partial charge in [-0.1, -0.05) is 13.8 Å². The molecule has 1 aromatic heterocycles. The summed E-state index contributed by atoms with van der Waals surface area (Å²) in [4.78, 5) is 9.22. The lowest BCUT2D eigenvalue weighted by molar-refractivity contribution is 0.763. The Morgan fingerprint density at radius 1 is 1.33 bits per heavy atom. The van der Waals surface area contributed by atoms with E-state index in [1.54, 1.807) is 0 Å². The van der Waals surface area contributed by atoms with E-state index < -0.39 is 0 Å². The molecule has 0 unspecified atom stereocenters. The number of anilines is 1. The van der Waals surface area contributed by atoms with Crippen LogP contribution in [0.5, 0.6) is 0 Å². The van der Waals surface area contributed by atoms with Crippen molar-refractivity contribution >= 4 is 17.6 Å². The van der Waals surface area contributed by atoms with Gasteiger partial charge in [0, 0.05) is 29.5 Å². The van der Waals surface area contributed by atoms with Crippen molar-refractivity contribution in [3.8, 4) is 0 Å². The average Bonchev–Trinajstić information content (AvgIpc) is 2.65. The molecule has 1 N–H and O–H groups in total. The van der Waals surface area contributed by atoms with E-state index >= 15 is 0 Å². The topological polar surface area (TPSA) is 37.8 Å². The van der Waals surface area contributed by atoms with Gasteiger partial charge in [0.05, 0.1) is 5.69 Å². The van der Waals surface area contributed by atoms with E-state index in [4.69, 9.17) is 0 Å². The Morgan fingerprint density at radius 2 is 2.13 bits per heavy atom. The molecular formula is C11H17N3S. The lowest BCUT2D eigenvalue weighted by atomic mass is 10.2. The first kappa shape index (κ1) is 10.7. The van der Waals surface area contributed by atoms with Crippen molar-refractivity contribution in [1.82, 2.24) is 9.97 Å². The monoisotopic (exact) mass is 223 g/mol. The molecule has 0 amide bonds. The highest BCUT2D eigenvalue weighted by atomic mass is 32.2. The van der Waals surface area contributed by atoms with Crippen molar-refractivity contribution in [3.05, 3.63) is 17.1 Å². The zero-order valence-corrected chi connectivity index (χ0v) is 10.3. The molecule has 2 rings (SSSR count). The highest BCUT2D eigenvalue weighted by Gasteiger charge is 2.20. The molecule has 1 aliphatic heterocycles. The summed E-state index contributed by atoms with van der Waals surface area (Å²) >= 11 is 1.92. The first-order chi connectivity index (χ1) is 7.22. The number of rotatable bonds is 3. The molecule has 0 saturated carbocycles. The predicted molar refractivity (Wildman–Crippen MR) is 65.3 cm³/mol. The van der Waals surface area contributed by atoms with Crippen molar-refractivity contribution in [1.29, 1.82) is 0 Å². The van der Waals surface area contributed by atoms with Crippen molar-refractivity contribution in [3.63, 3.8) is 0 Å². The highest BCUT2D eigenvalue weighted by molar-refractivity contribution is 7.98. The Balaban J connectivity index is 2.43. The second-order valence-corrected chi connectivity index (χ2v) is 5.02. The minimum atomic E-state index is 0.401. The van der Waals surface area contributed by atoms with E-state index in [1.807, 2.05) is 11.8 Å². The van der Waals surface area contributed by atoms with Gasteiger partial charge in [0.15, 0.2) is 0 Å². The van der Waals surface area contributed by atoms with Crippen LogP contribution in [0.1, 0.15) is 43.8 Å². The molecule has 15 heavy (non-hydrogen) atoms. The third kappa shape index (κ3) is 2.09. The number of aromatic nitrogens is 2. The summed E-state index contributed by atoms with van der Waals surface area (Å²) < 4.78 is 0. The van der Waals surface area contributed by atoms with E-state index in [2.05, 4.69) is 36.1 Å². The predicted octanol–water partition coefficient (Wildman–Crippen LogP) is 2.78. The molecule has 0 spiro atoms. The molecule has 3 nitrogen and oxygen atoms in total. The number of nitrogens with zero attached hydrogens (tertiary/aromatic N) is 2. The van der Waals surface area contributed by atoms with Gasteiger partial charge in [-0.15, -0.1) is 0 Å². The summed E-state index contributed by atoms with van der Waals surface area (Å²) in [7, 11) is 0. The van der Waals surface area contributed by atoms with Gasteiger partial charge in [-0.25, -0.2) is 9.97 Å². The van der Waals surface area contributed by atoms with Crippen molar-refractivity contribution < 1.29 is 0 Å². The van der Waals surface area contributed by atoms with Gasteiger partial charge in [0.2, 0.25) is 0 Å². The van der Waals surface area contributed by atoms with Gasteiger partial charge in [-0.2, -0.15) is 11.8 Å². The van der Waals surface area contributed by atoms with Crippen LogP contribution in [0.15, 0.2) is 0 Å². The Morgan fingerprint density at radius 3 is 2.80 bits per heavy atom. The van der Waals surface area contributed by atoms with Crippen LogP contribution < -0.4 is 5.32 Å². The van der Waals surface area contributed by atoms with E-state index in [0.29, 0.717) is 5.92 Å². The van der Waals surface area contributed by atoms with Crippen molar-refractivity contribution in [2.45, 2.75) is 38.2 Å². The SMILES string of the molecule is CCNc1nc(C(C)C)nc2c1CSC2. The molecule has 82 valence electrons. The summed E-state index contributed by atoms with van der Waals surface area (Å²) in [5, 5.41) is 3.34. The fourth-order valence-corrected chi connectivity index (χ4v) is 2.68. The molecule has 1 aliphatic rings. The molecule has 0 aliphatic carbocycles. The Kier molecular flexibility index (Phi) is 3.14. The number of thioether (sulfide) groups is 1. The largest absolute Gasteiger partial charge is 0.370 e. The zero-order valence-electron chi connectivity index (χ0n) is 9.50. The van der Waals surface area contributed by atoms with Crippen LogP contribution in [-0.2, 0) is 11.5 Å². The maximum absolute atomic E-state index is 4.62. The summed E-state index contributed by atoms with van der Waals surface area (Å²) in [6, 6.07) is 0. The van der Waals surface area contributed by atoms with Crippen LogP contribution in [0, 0.1) is 0 Å². The first-order valence-corrected chi connectivity index (χ1v) is 6.59. The minimum Gasteiger partial charge on any atom is -0.370 e. The van der Waals surface area contributed by atoms with E-state index in [0.717, 1.165) is 29.7 Å². The smallest absolute Gasteiger partial charge is 0.134 e. The van der Waals surface area contributed by atoms with Crippen molar-refractivity contribution in [2.24, 2.45) is 0 Å². The van der Waals surface area contributed by atoms with Gasteiger partial charge in [-0.05, 0) is 6.92 Å². The van der Waals surface area contributed by atoms with E-state index in [9.17, 15) is 0 Å². The average molecular weight is 223 g/mol. The molecule has 0 atom stereocenters. The fourth-order valence-electron chi connectivity index (χ4n) is 1.64. The van der Waals surface area contributed by atoms with Gasteiger partial charge in [-0.3, -0.25) is 0 Å². The molecule has 0 radical (unpaired) electrons. The Hall–Kier alpha value is -0.770. The lowest BCUT2D eigenvalue weighted by Crippen LogP contribution is -2.09. The van der Waals surface area contributed by atoms with Crippen LogP contribution in [0.3, 0.4) is 0 Å². The lowest BCUT2D eigenvalue weighted by Gasteiger charge is -2.11. The molecule has 4 heteroatoms. The standard InChI is InChI=1S/C11H17N3S/c1-4-12-11-8-5-15-6-9(8)13-10(14-11)7(2)3/h7H,4-6H2,1-3H3,(H,12,13,14). The second kappa shape index (κ2) is 4.39. The first-order valence-electron chi connectivity index (χ1n) is 5.43.